The van der Waals surface area contributed by atoms with Gasteiger partial charge < -0.3 is 9.84 Å². The van der Waals surface area contributed by atoms with Gasteiger partial charge in [-0.3, -0.25) is 13.9 Å². The number of nitrogens with zero attached hydrogens (tertiary/aromatic N) is 3. The van der Waals surface area contributed by atoms with Crippen molar-refractivity contribution in [1.29, 1.82) is 0 Å². The summed E-state index contributed by atoms with van der Waals surface area (Å²) in [5.41, 5.74) is 0.434. The number of aromatic nitrogens is 2. The van der Waals surface area contributed by atoms with Gasteiger partial charge in [-0.1, -0.05) is 35.9 Å². The first kappa shape index (κ1) is 23.9. The van der Waals surface area contributed by atoms with Crippen LogP contribution in [-0.4, -0.2) is 26.7 Å². The first-order valence-corrected chi connectivity index (χ1v) is 11.5. The highest BCUT2D eigenvalue weighted by atomic mass is 35.5. The smallest absolute Gasteiger partial charge is 0.332 e. The maximum absolute atomic E-state index is 14.4. The second kappa shape index (κ2) is 10.4. The predicted octanol–water partition coefficient (Wildman–Crippen LogP) is 3.73. The number of ether oxygens (including phenoxy) is 1. The minimum atomic E-state index is -0.534. The van der Waals surface area contributed by atoms with Crippen LogP contribution in [0.1, 0.15) is 24.5 Å². The summed E-state index contributed by atoms with van der Waals surface area (Å²) in [6, 6.07) is 13.3. The number of aliphatic hydroxyl groups is 1. The van der Waals surface area contributed by atoms with Crippen LogP contribution in [0.2, 0.25) is 5.02 Å². The molecule has 0 spiro atoms. The average molecular weight is 486 g/mol. The fourth-order valence-corrected chi connectivity index (χ4v) is 4.23. The Labute approximate surface area is 200 Å². The van der Waals surface area contributed by atoms with E-state index in [4.69, 9.17) is 16.3 Å². The Morgan fingerprint density at radius 2 is 1.88 bits per heavy atom. The van der Waals surface area contributed by atoms with Crippen molar-refractivity contribution in [2.45, 2.75) is 39.3 Å². The summed E-state index contributed by atoms with van der Waals surface area (Å²) in [5.74, 6) is -0.408. The Balaban J connectivity index is 1.83. The first-order valence-electron chi connectivity index (χ1n) is 11.2. The predicted molar refractivity (Wildman–Crippen MR) is 129 cm³/mol. The van der Waals surface area contributed by atoms with Crippen molar-refractivity contribution < 1.29 is 14.2 Å². The molecule has 1 aliphatic heterocycles. The second-order valence-electron chi connectivity index (χ2n) is 8.08. The van der Waals surface area contributed by atoms with Crippen LogP contribution in [0.25, 0.3) is 0 Å². The summed E-state index contributed by atoms with van der Waals surface area (Å²) in [6.45, 7) is 2.06. The van der Waals surface area contributed by atoms with E-state index in [9.17, 15) is 19.1 Å². The topological polar surface area (TPSA) is 85.8 Å². The molecule has 2 aromatic carbocycles. The van der Waals surface area contributed by atoms with Crippen molar-refractivity contribution in [1.82, 2.24) is 9.13 Å². The molecule has 0 saturated carbocycles. The lowest BCUT2D eigenvalue weighted by Gasteiger charge is -2.26. The Hall–Kier alpha value is -3.23. The van der Waals surface area contributed by atoms with Crippen LogP contribution in [0.3, 0.4) is 0 Å². The Morgan fingerprint density at radius 3 is 2.56 bits per heavy atom. The van der Waals surface area contributed by atoms with E-state index in [1.165, 1.54) is 16.7 Å². The monoisotopic (exact) mass is 485 g/mol. The summed E-state index contributed by atoms with van der Waals surface area (Å²) in [5, 5.41) is 9.80. The number of aliphatic hydroxyl groups excluding tert-OH is 1. The van der Waals surface area contributed by atoms with Gasteiger partial charge in [0, 0.05) is 30.6 Å². The molecule has 1 aliphatic rings. The molecule has 1 atom stereocenters. The van der Waals surface area contributed by atoms with Gasteiger partial charge in [0.2, 0.25) is 5.90 Å². The zero-order valence-corrected chi connectivity index (χ0v) is 19.5. The molecule has 1 N–H and O–H groups in total. The molecule has 0 radical (unpaired) electrons. The van der Waals surface area contributed by atoms with Crippen LogP contribution < -0.4 is 16.0 Å². The number of hydrogen-bond donors (Lipinski definition) is 1. The molecule has 4 rings (SSSR count). The average Bonchev–Trinajstić information content (AvgIpc) is 2.83. The number of hydrogen-bond acceptors (Lipinski definition) is 5. The Bertz CT molecular complexity index is 1330. The molecular formula is C25H25ClFN3O4. The molecule has 2 heterocycles. The van der Waals surface area contributed by atoms with Crippen LogP contribution in [0.5, 0.6) is 5.75 Å². The van der Waals surface area contributed by atoms with Crippen LogP contribution >= 0.6 is 11.6 Å². The van der Waals surface area contributed by atoms with Gasteiger partial charge in [-0.25, -0.2) is 9.18 Å². The summed E-state index contributed by atoms with van der Waals surface area (Å²) in [6.07, 6.45) is 1.03. The van der Waals surface area contributed by atoms with E-state index in [0.29, 0.717) is 23.6 Å². The van der Waals surface area contributed by atoms with Crippen molar-refractivity contribution in [3.8, 4) is 5.75 Å². The zero-order valence-electron chi connectivity index (χ0n) is 18.7. The van der Waals surface area contributed by atoms with Gasteiger partial charge in [-0.2, -0.15) is 4.99 Å². The Kier molecular flexibility index (Phi) is 7.29. The number of rotatable bonds is 7. The van der Waals surface area contributed by atoms with Crippen LogP contribution in [0.4, 0.5) is 10.2 Å². The molecule has 7 nitrogen and oxygen atoms in total. The van der Waals surface area contributed by atoms with Crippen molar-refractivity contribution in [2.75, 3.05) is 6.61 Å². The zero-order chi connectivity index (χ0) is 24.2. The van der Waals surface area contributed by atoms with Gasteiger partial charge in [0.25, 0.3) is 5.56 Å². The van der Waals surface area contributed by atoms with E-state index in [1.54, 1.807) is 31.2 Å². The molecule has 0 saturated heterocycles. The molecule has 0 fully saturated rings. The number of fused-ring (bicyclic) bond motifs is 1. The van der Waals surface area contributed by atoms with Crippen LogP contribution in [0, 0.1) is 11.7 Å². The molecular weight excluding hydrogens is 461 g/mol. The maximum Gasteiger partial charge on any atom is 0.332 e. The number of benzene rings is 2. The minimum absolute atomic E-state index is 0.0208. The normalized spacial score (nSPS) is 15.1. The number of aliphatic imine (C=N–C) groups is 1. The Morgan fingerprint density at radius 1 is 1.15 bits per heavy atom. The largest absolute Gasteiger partial charge is 0.440 e. The van der Waals surface area contributed by atoms with Crippen LogP contribution in [-0.2, 0) is 25.9 Å². The molecule has 34 heavy (non-hydrogen) atoms. The molecule has 3 aromatic rings. The number of halogens is 2. The fraction of sp³-hybridized carbons (Fsp3) is 0.320. The third-order valence-corrected chi connectivity index (χ3v) is 6.06. The molecule has 9 heteroatoms. The van der Waals surface area contributed by atoms with E-state index >= 15 is 0 Å². The summed E-state index contributed by atoms with van der Waals surface area (Å²) in [7, 11) is 0. The van der Waals surface area contributed by atoms with E-state index in [-0.39, 0.29) is 49.4 Å². The van der Waals surface area contributed by atoms with Crippen molar-refractivity contribution >= 4 is 23.3 Å². The van der Waals surface area contributed by atoms with E-state index in [1.807, 2.05) is 12.1 Å². The summed E-state index contributed by atoms with van der Waals surface area (Å²) < 4.78 is 22.8. The minimum Gasteiger partial charge on any atom is -0.440 e. The van der Waals surface area contributed by atoms with Crippen molar-refractivity contribution in [2.24, 2.45) is 10.9 Å². The molecule has 0 amide bonds. The van der Waals surface area contributed by atoms with Gasteiger partial charge in [0.15, 0.2) is 11.6 Å². The maximum atomic E-state index is 14.4. The van der Waals surface area contributed by atoms with Gasteiger partial charge >= 0.3 is 5.69 Å². The fourth-order valence-electron chi connectivity index (χ4n) is 4.10. The SMILES string of the molecule is CCn1c2c(c(=O)n(CCCO)c1=O)CC(Cc1ccc(Cl)cc1)C(Oc1ccccc1F)=N2. The van der Waals surface area contributed by atoms with Crippen LogP contribution in [0.15, 0.2) is 63.1 Å². The van der Waals surface area contributed by atoms with Crippen molar-refractivity contribution in [3.05, 3.63) is 91.3 Å². The highest BCUT2D eigenvalue weighted by Gasteiger charge is 2.31. The van der Waals surface area contributed by atoms with Gasteiger partial charge in [0.05, 0.1) is 5.56 Å². The first-order chi connectivity index (χ1) is 16.4. The highest BCUT2D eigenvalue weighted by Crippen LogP contribution is 2.30. The van der Waals surface area contributed by atoms with Gasteiger partial charge in [-0.15, -0.1) is 0 Å². The lowest BCUT2D eigenvalue weighted by molar-refractivity contribution is 0.277. The molecule has 1 unspecified atom stereocenters. The van der Waals surface area contributed by atoms with E-state index in [2.05, 4.69) is 4.99 Å². The third kappa shape index (κ3) is 4.83. The molecule has 0 bridgehead atoms. The molecule has 1 aromatic heterocycles. The van der Waals surface area contributed by atoms with E-state index in [0.717, 1.165) is 10.1 Å². The van der Waals surface area contributed by atoms with Gasteiger partial charge in [-0.05, 0) is 56.0 Å². The molecule has 178 valence electrons. The lowest BCUT2D eigenvalue weighted by Crippen LogP contribution is -2.44. The second-order valence-corrected chi connectivity index (χ2v) is 8.51. The standard InChI is InChI=1S/C25H25ClFN3O4/c1-2-29-22-19(24(32)30(25(29)33)12-5-13-31)15-17(14-16-8-10-18(26)11-9-16)23(28-22)34-21-7-4-3-6-20(21)27/h3-4,6-11,17,31H,2,5,12-15H2,1H3. The number of para-hydroxylation sites is 1. The summed E-state index contributed by atoms with van der Waals surface area (Å²) >= 11 is 6.02. The third-order valence-electron chi connectivity index (χ3n) is 5.81. The van der Waals surface area contributed by atoms with E-state index < -0.39 is 17.1 Å². The van der Waals surface area contributed by atoms with Gasteiger partial charge in [0.1, 0.15) is 5.82 Å². The highest BCUT2D eigenvalue weighted by molar-refractivity contribution is 6.30. The van der Waals surface area contributed by atoms with Crippen molar-refractivity contribution in [3.63, 3.8) is 0 Å². The summed E-state index contributed by atoms with van der Waals surface area (Å²) in [4.78, 5) is 30.8. The lowest BCUT2D eigenvalue weighted by atomic mass is 9.90. The quantitative estimate of drug-likeness (QED) is 0.552. The molecule has 0 aliphatic carbocycles.